The van der Waals surface area contributed by atoms with Crippen LogP contribution in [0, 0.1) is 5.41 Å². The maximum Gasteiger partial charge on any atom is 2.00 e. The minimum Gasteiger partial charge on any atom is -1.00 e. The monoisotopic (exact) mass is 279 g/mol. The molecular weight excluding hydrogens is 254 g/mol. The SMILES string of the molecule is CC(C)(CO)C(O)CNCCCC(=O)O.O.[Ca+2].[H-].[H-]. The summed E-state index contributed by atoms with van der Waals surface area (Å²) < 4.78 is 0. The molecule has 17 heavy (non-hydrogen) atoms. The quantitative estimate of drug-likeness (QED) is 0.330. The van der Waals surface area contributed by atoms with E-state index in [4.69, 9.17) is 10.2 Å². The number of carboxylic acids is 1. The molecule has 0 radical (unpaired) electrons. The number of carboxylic acid groups (broad SMARTS) is 1. The maximum atomic E-state index is 10.2. The minimum absolute atomic E-state index is 0. The molecule has 0 aliphatic rings. The van der Waals surface area contributed by atoms with Crippen LogP contribution in [0.15, 0.2) is 0 Å². The van der Waals surface area contributed by atoms with E-state index < -0.39 is 17.5 Å². The van der Waals surface area contributed by atoms with Gasteiger partial charge in [0, 0.05) is 18.4 Å². The molecule has 0 aliphatic heterocycles. The van der Waals surface area contributed by atoms with Crippen molar-refractivity contribution in [1.82, 2.24) is 5.32 Å². The second-order valence-electron chi connectivity index (χ2n) is 4.36. The molecule has 0 saturated heterocycles. The third kappa shape index (κ3) is 11.4. The zero-order valence-corrected chi connectivity index (χ0v) is 12.8. The number of aliphatic hydroxyl groups excluding tert-OH is 2. The minimum atomic E-state index is -0.812. The Morgan fingerprint density at radius 1 is 1.47 bits per heavy atom. The zero-order valence-electron chi connectivity index (χ0n) is 12.6. The van der Waals surface area contributed by atoms with E-state index >= 15 is 0 Å². The molecule has 0 aliphatic carbocycles. The van der Waals surface area contributed by atoms with Crippen molar-refractivity contribution in [1.29, 1.82) is 0 Å². The van der Waals surface area contributed by atoms with Gasteiger partial charge in [-0.3, -0.25) is 4.79 Å². The smallest absolute Gasteiger partial charge is 1.00 e. The molecule has 0 aromatic carbocycles. The summed E-state index contributed by atoms with van der Waals surface area (Å²) in [4.78, 5) is 10.2. The average molecular weight is 279 g/mol. The molecule has 0 aromatic heterocycles. The number of carbonyl (C=O) groups is 1. The van der Waals surface area contributed by atoms with Crippen LogP contribution in [0.1, 0.15) is 29.5 Å². The summed E-state index contributed by atoms with van der Waals surface area (Å²) in [5.74, 6) is -0.812. The van der Waals surface area contributed by atoms with Crippen molar-refractivity contribution in [2.24, 2.45) is 5.41 Å². The molecule has 0 saturated carbocycles. The summed E-state index contributed by atoms with van der Waals surface area (Å²) in [5.41, 5.74) is -0.528. The second-order valence-corrected chi connectivity index (χ2v) is 4.36. The van der Waals surface area contributed by atoms with E-state index in [-0.39, 0.29) is 59.1 Å². The standard InChI is InChI=1S/C10H21NO4.Ca.H2O.2H/c1-10(2,7-12)8(13)6-11-5-3-4-9(14)15;;;;/h8,11-13H,3-7H2,1-2H3,(H,14,15);;1H2;;/q;+2;;2*-1. The van der Waals surface area contributed by atoms with E-state index in [1.165, 1.54) is 0 Å². The third-order valence-electron chi connectivity index (χ3n) is 2.39. The zero-order chi connectivity index (χ0) is 11.9. The topological polar surface area (TPSA) is 121 Å². The van der Waals surface area contributed by atoms with E-state index in [9.17, 15) is 9.90 Å². The Morgan fingerprint density at radius 3 is 2.41 bits per heavy atom. The van der Waals surface area contributed by atoms with Gasteiger partial charge in [-0.05, 0) is 13.0 Å². The predicted octanol–water partition coefficient (Wildman–Crippen LogP) is -1.16. The summed E-state index contributed by atoms with van der Waals surface area (Å²) in [6, 6.07) is 0. The van der Waals surface area contributed by atoms with Crippen molar-refractivity contribution < 1.29 is 28.4 Å². The van der Waals surface area contributed by atoms with Crippen LogP contribution in [-0.2, 0) is 4.79 Å². The number of hydrogen-bond acceptors (Lipinski definition) is 4. The molecule has 0 fully saturated rings. The Morgan fingerprint density at radius 2 is 2.00 bits per heavy atom. The van der Waals surface area contributed by atoms with Crippen LogP contribution in [0.2, 0.25) is 0 Å². The van der Waals surface area contributed by atoms with Crippen LogP contribution in [0.25, 0.3) is 0 Å². The van der Waals surface area contributed by atoms with Gasteiger partial charge in [0.2, 0.25) is 0 Å². The molecule has 0 spiro atoms. The first kappa shape index (κ1) is 22.7. The van der Waals surface area contributed by atoms with Crippen LogP contribution in [-0.4, -0.2) is 90.3 Å². The van der Waals surface area contributed by atoms with Crippen molar-refractivity contribution in [3.63, 3.8) is 0 Å². The molecule has 0 heterocycles. The number of aliphatic hydroxyl groups is 2. The van der Waals surface area contributed by atoms with Crippen LogP contribution in [0.4, 0.5) is 0 Å². The van der Waals surface area contributed by atoms with Gasteiger partial charge in [0.25, 0.3) is 0 Å². The van der Waals surface area contributed by atoms with Gasteiger partial charge in [0.05, 0.1) is 12.7 Å². The summed E-state index contributed by atoms with van der Waals surface area (Å²) in [5, 5.41) is 30.0. The molecule has 6 N–H and O–H groups in total. The molecule has 0 rings (SSSR count). The normalized spacial score (nSPS) is 12.2. The van der Waals surface area contributed by atoms with E-state index in [1.54, 1.807) is 13.8 Å². The molecule has 0 aromatic rings. The van der Waals surface area contributed by atoms with Gasteiger partial charge in [-0.1, -0.05) is 13.8 Å². The molecular formula is C10H25CaNO5. The Hall–Kier alpha value is 0.570. The summed E-state index contributed by atoms with van der Waals surface area (Å²) in [6.07, 6.45) is 0.0426. The molecule has 102 valence electrons. The van der Waals surface area contributed by atoms with E-state index in [1.807, 2.05) is 0 Å². The molecule has 6 nitrogen and oxygen atoms in total. The Kier molecular flexibility index (Phi) is 15.6. The van der Waals surface area contributed by atoms with Crippen LogP contribution >= 0.6 is 0 Å². The van der Waals surface area contributed by atoms with Gasteiger partial charge in [-0.2, -0.15) is 0 Å². The number of nitrogens with one attached hydrogen (secondary N) is 1. The first-order valence-electron chi connectivity index (χ1n) is 5.11. The fourth-order valence-corrected chi connectivity index (χ4v) is 0.985. The van der Waals surface area contributed by atoms with E-state index in [0.717, 1.165) is 0 Å². The number of aliphatic carboxylic acids is 1. The van der Waals surface area contributed by atoms with Crippen molar-refractivity contribution in [3.8, 4) is 0 Å². The number of hydrogen-bond donors (Lipinski definition) is 4. The van der Waals surface area contributed by atoms with E-state index in [0.29, 0.717) is 19.5 Å². The predicted molar refractivity (Wildman–Crippen MR) is 68.2 cm³/mol. The van der Waals surface area contributed by atoms with Gasteiger partial charge in [0.15, 0.2) is 0 Å². The largest absolute Gasteiger partial charge is 2.00 e. The van der Waals surface area contributed by atoms with Crippen molar-refractivity contribution in [3.05, 3.63) is 0 Å². The first-order valence-corrected chi connectivity index (χ1v) is 5.11. The molecule has 0 amide bonds. The van der Waals surface area contributed by atoms with E-state index in [2.05, 4.69) is 5.32 Å². The van der Waals surface area contributed by atoms with Crippen LogP contribution in [0.3, 0.4) is 0 Å². The van der Waals surface area contributed by atoms with Gasteiger partial charge in [-0.25, -0.2) is 0 Å². The molecule has 7 heteroatoms. The Bertz CT molecular complexity index is 210. The fraction of sp³-hybridized carbons (Fsp3) is 0.900. The Labute approximate surface area is 135 Å². The van der Waals surface area contributed by atoms with Crippen LogP contribution < -0.4 is 5.32 Å². The molecule has 1 unspecified atom stereocenters. The summed E-state index contributed by atoms with van der Waals surface area (Å²) in [6.45, 7) is 4.40. The van der Waals surface area contributed by atoms with Gasteiger partial charge in [0.1, 0.15) is 0 Å². The molecule has 0 bridgehead atoms. The van der Waals surface area contributed by atoms with Gasteiger partial charge < -0.3 is 29.0 Å². The van der Waals surface area contributed by atoms with Gasteiger partial charge >= 0.3 is 43.7 Å². The van der Waals surface area contributed by atoms with Crippen molar-refractivity contribution in [2.75, 3.05) is 19.7 Å². The average Bonchev–Trinajstić information content (AvgIpc) is 2.16. The summed E-state index contributed by atoms with van der Waals surface area (Å²) in [7, 11) is 0. The van der Waals surface area contributed by atoms with Crippen molar-refractivity contribution in [2.45, 2.75) is 32.8 Å². The second kappa shape index (κ2) is 11.6. The van der Waals surface area contributed by atoms with Gasteiger partial charge in [-0.15, -0.1) is 0 Å². The Balaban J connectivity index is -0.000000163. The summed E-state index contributed by atoms with van der Waals surface area (Å²) >= 11 is 0. The maximum absolute atomic E-state index is 10.2. The fourth-order valence-electron chi connectivity index (χ4n) is 0.985. The van der Waals surface area contributed by atoms with Crippen LogP contribution in [0.5, 0.6) is 0 Å². The van der Waals surface area contributed by atoms with Crippen molar-refractivity contribution >= 4 is 43.7 Å². The first-order chi connectivity index (χ1) is 6.90. The third-order valence-corrected chi connectivity index (χ3v) is 2.39. The molecule has 1 atom stereocenters. The number of rotatable bonds is 8.